The van der Waals surface area contributed by atoms with E-state index < -0.39 is 0 Å². The first kappa shape index (κ1) is 12.5. The summed E-state index contributed by atoms with van der Waals surface area (Å²) in [4.78, 5) is 16.0. The Hall–Kier alpha value is -1.58. The van der Waals surface area contributed by atoms with E-state index in [0.29, 0.717) is 5.56 Å². The number of carbonyl (C=O) groups excluding carboxylic acids is 1. The average molecular weight is 221 g/mol. The molecule has 4 heteroatoms. The van der Waals surface area contributed by atoms with Gasteiger partial charge in [0, 0.05) is 30.7 Å². The van der Waals surface area contributed by atoms with Crippen molar-refractivity contribution in [1.29, 1.82) is 0 Å². The summed E-state index contributed by atoms with van der Waals surface area (Å²) < 4.78 is 0. The summed E-state index contributed by atoms with van der Waals surface area (Å²) in [7, 11) is 1.79. The number of rotatable bonds is 4. The summed E-state index contributed by atoms with van der Waals surface area (Å²) in [5, 5.41) is 5.96. The van der Waals surface area contributed by atoms with Gasteiger partial charge in [-0.05, 0) is 26.3 Å². The number of nitrogens with one attached hydrogen (secondary N) is 2. The normalized spacial score (nSPS) is 11.0. The van der Waals surface area contributed by atoms with Gasteiger partial charge >= 0.3 is 0 Å². The number of hydrogen-bond donors (Lipinski definition) is 2. The molecule has 0 aromatic carbocycles. The largest absolute Gasteiger partial charge is 0.387 e. The Morgan fingerprint density at radius 2 is 2.19 bits per heavy atom. The van der Waals surface area contributed by atoms with Crippen LogP contribution in [0.3, 0.4) is 0 Å². The van der Waals surface area contributed by atoms with E-state index in [1.54, 1.807) is 25.5 Å². The number of nitrogens with zero attached hydrogens (tertiary/aromatic N) is 1. The van der Waals surface area contributed by atoms with Crippen LogP contribution >= 0.6 is 0 Å². The van der Waals surface area contributed by atoms with Crippen LogP contribution in [-0.4, -0.2) is 23.5 Å². The number of pyridine rings is 1. The zero-order chi connectivity index (χ0) is 12.2. The number of hydrogen-bond acceptors (Lipinski definition) is 3. The molecule has 0 aliphatic rings. The molecule has 0 aliphatic carbocycles. The van der Waals surface area contributed by atoms with Crippen molar-refractivity contribution in [2.75, 3.05) is 12.4 Å². The molecule has 0 saturated heterocycles. The highest BCUT2D eigenvalue weighted by Crippen LogP contribution is 2.15. The first-order valence-electron chi connectivity index (χ1n) is 5.44. The van der Waals surface area contributed by atoms with Gasteiger partial charge in [-0.1, -0.05) is 6.92 Å². The maximum absolute atomic E-state index is 12.0. The molecule has 1 heterocycles. The number of carbonyl (C=O) groups is 1. The quantitative estimate of drug-likeness (QED) is 0.818. The van der Waals surface area contributed by atoms with E-state index in [4.69, 9.17) is 0 Å². The Bertz CT molecular complexity index is 374. The first-order valence-corrected chi connectivity index (χ1v) is 5.44. The lowest BCUT2D eigenvalue weighted by atomic mass is 10.0. The van der Waals surface area contributed by atoms with E-state index in [2.05, 4.69) is 15.6 Å². The van der Waals surface area contributed by atoms with Gasteiger partial charge in [-0.3, -0.25) is 9.78 Å². The van der Waals surface area contributed by atoms with Crippen molar-refractivity contribution >= 4 is 11.6 Å². The van der Waals surface area contributed by atoms with Crippen molar-refractivity contribution in [3.63, 3.8) is 0 Å². The van der Waals surface area contributed by atoms with Crippen molar-refractivity contribution in [2.45, 2.75) is 32.7 Å². The van der Waals surface area contributed by atoms with E-state index in [9.17, 15) is 4.79 Å². The van der Waals surface area contributed by atoms with E-state index in [1.165, 1.54) is 0 Å². The topological polar surface area (TPSA) is 54.0 Å². The summed E-state index contributed by atoms with van der Waals surface area (Å²) in [6, 6.07) is 1.79. The van der Waals surface area contributed by atoms with Crippen LogP contribution in [0.25, 0.3) is 0 Å². The molecule has 1 aromatic rings. The predicted molar refractivity (Wildman–Crippen MR) is 65.6 cm³/mol. The SMILES string of the molecule is CCC(C)(C)NC(=O)c1cnccc1NC. The summed E-state index contributed by atoms with van der Waals surface area (Å²) in [5.41, 5.74) is 1.17. The lowest BCUT2D eigenvalue weighted by molar-refractivity contribution is 0.0911. The molecule has 1 amide bonds. The van der Waals surface area contributed by atoms with Gasteiger partial charge < -0.3 is 10.6 Å². The molecule has 1 aromatic heterocycles. The summed E-state index contributed by atoms with van der Waals surface area (Å²) >= 11 is 0. The minimum absolute atomic E-state index is 0.0932. The van der Waals surface area contributed by atoms with Crippen LogP contribution in [0.1, 0.15) is 37.6 Å². The van der Waals surface area contributed by atoms with Gasteiger partial charge in [0.05, 0.1) is 5.56 Å². The standard InChI is InChI=1S/C12H19N3O/c1-5-12(2,3)15-11(16)9-8-14-7-6-10(9)13-4/h6-8H,5H2,1-4H3,(H,13,14)(H,15,16). The molecule has 0 unspecified atom stereocenters. The summed E-state index contributed by atoms with van der Waals surface area (Å²) in [5.74, 6) is -0.0932. The van der Waals surface area contributed by atoms with E-state index in [-0.39, 0.29) is 11.4 Å². The maximum Gasteiger partial charge on any atom is 0.255 e. The Kier molecular flexibility index (Phi) is 3.88. The zero-order valence-corrected chi connectivity index (χ0v) is 10.3. The molecular formula is C12H19N3O. The van der Waals surface area contributed by atoms with Crippen LogP contribution in [0.15, 0.2) is 18.5 Å². The number of anilines is 1. The molecule has 88 valence electrons. The fourth-order valence-corrected chi connectivity index (χ4v) is 1.26. The minimum atomic E-state index is -0.196. The molecule has 0 atom stereocenters. The van der Waals surface area contributed by atoms with Gasteiger partial charge in [0.2, 0.25) is 0 Å². The Morgan fingerprint density at radius 3 is 2.75 bits per heavy atom. The third-order valence-corrected chi connectivity index (χ3v) is 2.67. The number of amides is 1. The molecule has 0 fully saturated rings. The van der Waals surface area contributed by atoms with Crippen LogP contribution < -0.4 is 10.6 Å². The Balaban J connectivity index is 2.88. The molecule has 0 saturated carbocycles. The van der Waals surface area contributed by atoms with Crippen molar-refractivity contribution in [2.24, 2.45) is 0 Å². The molecule has 0 aliphatic heterocycles. The van der Waals surface area contributed by atoms with Gasteiger partial charge in [-0.25, -0.2) is 0 Å². The van der Waals surface area contributed by atoms with Crippen molar-refractivity contribution in [3.8, 4) is 0 Å². The van der Waals surface area contributed by atoms with Crippen molar-refractivity contribution in [1.82, 2.24) is 10.3 Å². The first-order chi connectivity index (χ1) is 7.50. The van der Waals surface area contributed by atoms with Gasteiger partial charge in [0.15, 0.2) is 0 Å². The third kappa shape index (κ3) is 2.95. The molecule has 2 N–H and O–H groups in total. The molecule has 0 spiro atoms. The van der Waals surface area contributed by atoms with Crippen LogP contribution in [0.4, 0.5) is 5.69 Å². The third-order valence-electron chi connectivity index (χ3n) is 2.67. The van der Waals surface area contributed by atoms with Crippen LogP contribution in [0.2, 0.25) is 0 Å². The highest BCUT2D eigenvalue weighted by atomic mass is 16.1. The molecule has 1 rings (SSSR count). The van der Waals surface area contributed by atoms with E-state index in [0.717, 1.165) is 12.1 Å². The highest BCUT2D eigenvalue weighted by molar-refractivity contribution is 5.99. The molecule has 0 radical (unpaired) electrons. The summed E-state index contributed by atoms with van der Waals surface area (Å²) in [6.07, 6.45) is 4.12. The Morgan fingerprint density at radius 1 is 1.50 bits per heavy atom. The number of aromatic nitrogens is 1. The van der Waals surface area contributed by atoms with Gasteiger partial charge in [-0.2, -0.15) is 0 Å². The second-order valence-corrected chi connectivity index (χ2v) is 4.36. The van der Waals surface area contributed by atoms with E-state index >= 15 is 0 Å². The van der Waals surface area contributed by atoms with Crippen LogP contribution in [-0.2, 0) is 0 Å². The monoisotopic (exact) mass is 221 g/mol. The second-order valence-electron chi connectivity index (χ2n) is 4.36. The minimum Gasteiger partial charge on any atom is -0.387 e. The highest BCUT2D eigenvalue weighted by Gasteiger charge is 2.20. The molecule has 4 nitrogen and oxygen atoms in total. The molecule has 0 bridgehead atoms. The van der Waals surface area contributed by atoms with Crippen LogP contribution in [0, 0.1) is 0 Å². The predicted octanol–water partition coefficient (Wildman–Crippen LogP) is 2.04. The van der Waals surface area contributed by atoms with Crippen molar-refractivity contribution < 1.29 is 4.79 Å². The lowest BCUT2D eigenvalue weighted by Crippen LogP contribution is -2.43. The summed E-state index contributed by atoms with van der Waals surface area (Å²) in [6.45, 7) is 6.04. The smallest absolute Gasteiger partial charge is 0.255 e. The van der Waals surface area contributed by atoms with Crippen LogP contribution in [0.5, 0.6) is 0 Å². The van der Waals surface area contributed by atoms with Gasteiger partial charge in [0.25, 0.3) is 5.91 Å². The van der Waals surface area contributed by atoms with Gasteiger partial charge in [0.1, 0.15) is 0 Å². The second kappa shape index (κ2) is 4.96. The molecule has 16 heavy (non-hydrogen) atoms. The fourth-order valence-electron chi connectivity index (χ4n) is 1.26. The fraction of sp³-hybridized carbons (Fsp3) is 0.500. The zero-order valence-electron chi connectivity index (χ0n) is 10.3. The van der Waals surface area contributed by atoms with Gasteiger partial charge in [-0.15, -0.1) is 0 Å². The Labute approximate surface area is 96.5 Å². The maximum atomic E-state index is 12.0. The lowest BCUT2D eigenvalue weighted by Gasteiger charge is -2.24. The van der Waals surface area contributed by atoms with E-state index in [1.807, 2.05) is 20.8 Å². The average Bonchev–Trinajstić information content (AvgIpc) is 2.28. The van der Waals surface area contributed by atoms with Crippen molar-refractivity contribution in [3.05, 3.63) is 24.0 Å². The molecular weight excluding hydrogens is 202 g/mol.